The minimum absolute atomic E-state index is 0.132. The van der Waals surface area contributed by atoms with Crippen LogP contribution in [-0.4, -0.2) is 73.2 Å². The van der Waals surface area contributed by atoms with E-state index in [9.17, 15) is 19.5 Å². The number of aromatic nitrogens is 2. The number of carbonyl (C=O) groups excluding carboxylic acids is 3. The molecule has 1 spiro atoms. The molecule has 1 aromatic heterocycles. The van der Waals surface area contributed by atoms with Crippen molar-refractivity contribution in [2.24, 2.45) is 5.73 Å². The SMILES string of the molecule is CC(C)n1cc(C(=O)N2CCC[C@]23CN([C@H](C(N)=O)[C@@H](C)O)C3=O)cn1. The van der Waals surface area contributed by atoms with Crippen molar-refractivity contribution in [3.05, 3.63) is 18.0 Å². The zero-order chi connectivity index (χ0) is 19.2. The van der Waals surface area contributed by atoms with Gasteiger partial charge in [-0.3, -0.25) is 19.1 Å². The first kappa shape index (κ1) is 18.4. The van der Waals surface area contributed by atoms with Crippen LogP contribution in [0.3, 0.4) is 0 Å². The van der Waals surface area contributed by atoms with E-state index in [-0.39, 0.29) is 24.4 Å². The number of rotatable bonds is 5. The highest BCUT2D eigenvalue weighted by Crippen LogP contribution is 2.41. The lowest BCUT2D eigenvalue weighted by Crippen LogP contribution is -2.77. The number of nitrogens with zero attached hydrogens (tertiary/aromatic N) is 4. The number of primary amides is 1. The second-order valence-electron chi connectivity index (χ2n) is 7.42. The smallest absolute Gasteiger partial charge is 0.258 e. The van der Waals surface area contributed by atoms with Crippen LogP contribution >= 0.6 is 0 Å². The summed E-state index contributed by atoms with van der Waals surface area (Å²) in [6, 6.07) is -0.943. The number of aliphatic hydroxyl groups excluding tert-OH is 1. The van der Waals surface area contributed by atoms with Gasteiger partial charge in [-0.05, 0) is 33.6 Å². The van der Waals surface area contributed by atoms with Gasteiger partial charge in [0.25, 0.3) is 11.8 Å². The predicted molar refractivity (Wildman–Crippen MR) is 92.0 cm³/mol. The summed E-state index contributed by atoms with van der Waals surface area (Å²) in [5.74, 6) is -1.32. The number of nitrogens with two attached hydrogens (primary N) is 1. The van der Waals surface area contributed by atoms with E-state index < -0.39 is 23.6 Å². The van der Waals surface area contributed by atoms with E-state index in [0.717, 1.165) is 0 Å². The van der Waals surface area contributed by atoms with Crippen LogP contribution in [-0.2, 0) is 9.59 Å². The minimum Gasteiger partial charge on any atom is -0.391 e. The molecule has 0 unspecified atom stereocenters. The van der Waals surface area contributed by atoms with Crippen LogP contribution in [0.15, 0.2) is 12.4 Å². The van der Waals surface area contributed by atoms with Crippen molar-refractivity contribution in [3.63, 3.8) is 0 Å². The van der Waals surface area contributed by atoms with Crippen molar-refractivity contribution >= 4 is 17.7 Å². The zero-order valence-corrected chi connectivity index (χ0v) is 15.3. The molecule has 3 heterocycles. The molecule has 3 rings (SSSR count). The molecular formula is C17H25N5O4. The summed E-state index contributed by atoms with van der Waals surface area (Å²) < 4.78 is 1.70. The first-order chi connectivity index (χ1) is 12.2. The zero-order valence-electron chi connectivity index (χ0n) is 15.3. The summed E-state index contributed by atoms with van der Waals surface area (Å²) in [5, 5.41) is 14.0. The monoisotopic (exact) mass is 363 g/mol. The highest BCUT2D eigenvalue weighted by Gasteiger charge is 2.62. The van der Waals surface area contributed by atoms with Gasteiger partial charge in [0.15, 0.2) is 0 Å². The van der Waals surface area contributed by atoms with E-state index in [2.05, 4.69) is 5.10 Å². The highest BCUT2D eigenvalue weighted by atomic mass is 16.3. The Balaban J connectivity index is 1.81. The lowest BCUT2D eigenvalue weighted by molar-refractivity contribution is -0.169. The molecule has 0 aliphatic carbocycles. The fraction of sp³-hybridized carbons (Fsp3) is 0.647. The van der Waals surface area contributed by atoms with E-state index in [0.29, 0.717) is 24.9 Å². The molecule has 2 aliphatic rings. The summed E-state index contributed by atoms with van der Waals surface area (Å²) in [7, 11) is 0. The maximum absolute atomic E-state index is 12.9. The Labute approximate surface area is 151 Å². The maximum atomic E-state index is 12.9. The van der Waals surface area contributed by atoms with E-state index in [1.54, 1.807) is 15.8 Å². The number of aliphatic hydroxyl groups is 1. The second kappa shape index (κ2) is 6.39. The Morgan fingerprint density at radius 2 is 2.04 bits per heavy atom. The van der Waals surface area contributed by atoms with Crippen LogP contribution in [0.1, 0.15) is 50.0 Å². The summed E-state index contributed by atoms with van der Waals surface area (Å²) in [4.78, 5) is 40.3. The molecule has 1 aromatic rings. The molecule has 3 atom stereocenters. The third-order valence-corrected chi connectivity index (χ3v) is 5.29. The predicted octanol–water partition coefficient (Wildman–Crippen LogP) is -0.484. The van der Waals surface area contributed by atoms with Gasteiger partial charge in [0.1, 0.15) is 11.6 Å². The Morgan fingerprint density at radius 3 is 2.54 bits per heavy atom. The van der Waals surface area contributed by atoms with E-state index in [4.69, 9.17) is 5.73 Å². The first-order valence-corrected chi connectivity index (χ1v) is 8.83. The van der Waals surface area contributed by atoms with Gasteiger partial charge in [0.05, 0.1) is 24.4 Å². The molecule has 26 heavy (non-hydrogen) atoms. The number of carbonyl (C=O) groups is 3. The Morgan fingerprint density at radius 1 is 1.35 bits per heavy atom. The molecule has 2 fully saturated rings. The quantitative estimate of drug-likeness (QED) is 0.684. The van der Waals surface area contributed by atoms with Gasteiger partial charge in [-0.2, -0.15) is 5.10 Å². The largest absolute Gasteiger partial charge is 0.391 e. The van der Waals surface area contributed by atoms with Gasteiger partial charge in [-0.15, -0.1) is 0 Å². The molecule has 2 saturated heterocycles. The molecule has 0 aromatic carbocycles. The van der Waals surface area contributed by atoms with E-state index in [1.807, 2.05) is 13.8 Å². The van der Waals surface area contributed by atoms with Crippen LogP contribution in [0.4, 0.5) is 0 Å². The third kappa shape index (κ3) is 2.66. The van der Waals surface area contributed by atoms with E-state index in [1.165, 1.54) is 18.0 Å². The summed E-state index contributed by atoms with van der Waals surface area (Å²) in [6.07, 6.45) is 3.37. The fourth-order valence-electron chi connectivity index (χ4n) is 3.92. The molecule has 9 heteroatoms. The summed E-state index contributed by atoms with van der Waals surface area (Å²) in [5.41, 5.74) is 4.82. The number of likely N-dealkylation sites (tertiary alicyclic amines) is 2. The molecule has 142 valence electrons. The van der Waals surface area contributed by atoms with Crippen LogP contribution in [0.25, 0.3) is 0 Å². The topological polar surface area (TPSA) is 122 Å². The second-order valence-corrected chi connectivity index (χ2v) is 7.42. The van der Waals surface area contributed by atoms with Crippen LogP contribution in [0.5, 0.6) is 0 Å². The van der Waals surface area contributed by atoms with Gasteiger partial charge >= 0.3 is 0 Å². The normalized spacial score (nSPS) is 24.9. The van der Waals surface area contributed by atoms with Crippen molar-refractivity contribution in [3.8, 4) is 0 Å². The van der Waals surface area contributed by atoms with Gasteiger partial charge < -0.3 is 20.6 Å². The van der Waals surface area contributed by atoms with Crippen molar-refractivity contribution in [2.75, 3.05) is 13.1 Å². The van der Waals surface area contributed by atoms with Gasteiger partial charge in [-0.25, -0.2) is 0 Å². The van der Waals surface area contributed by atoms with Crippen molar-refractivity contribution in [1.29, 1.82) is 0 Å². The van der Waals surface area contributed by atoms with Crippen LogP contribution < -0.4 is 5.73 Å². The Hall–Kier alpha value is -2.42. The molecule has 3 N–H and O–H groups in total. The molecule has 0 saturated carbocycles. The van der Waals surface area contributed by atoms with Crippen LogP contribution in [0, 0.1) is 0 Å². The van der Waals surface area contributed by atoms with E-state index >= 15 is 0 Å². The first-order valence-electron chi connectivity index (χ1n) is 8.83. The van der Waals surface area contributed by atoms with Gasteiger partial charge in [0.2, 0.25) is 5.91 Å². The number of hydrogen-bond acceptors (Lipinski definition) is 5. The highest BCUT2D eigenvalue weighted by molar-refractivity contribution is 6.03. The van der Waals surface area contributed by atoms with Gasteiger partial charge in [0, 0.05) is 18.8 Å². The van der Waals surface area contributed by atoms with Crippen LogP contribution in [0.2, 0.25) is 0 Å². The number of β-lactam (4-membered cyclic amide) rings is 1. The van der Waals surface area contributed by atoms with Crippen molar-refractivity contribution in [1.82, 2.24) is 19.6 Å². The Bertz CT molecular complexity index is 743. The molecule has 0 bridgehead atoms. The molecule has 9 nitrogen and oxygen atoms in total. The molecular weight excluding hydrogens is 338 g/mol. The molecule has 2 aliphatic heterocycles. The molecule has 0 radical (unpaired) electrons. The maximum Gasteiger partial charge on any atom is 0.258 e. The standard InChI is InChI=1S/C17H25N5O4/c1-10(2)22-8-12(7-19-22)15(25)21-6-4-5-17(21)9-20(16(17)26)13(11(3)23)14(18)24/h7-8,10-11,13,23H,4-6,9H2,1-3H3,(H2,18,24)/t11-,13+,17-/m1/s1. The minimum atomic E-state index is -1.07. The van der Waals surface area contributed by atoms with Crippen molar-refractivity contribution < 1.29 is 19.5 Å². The number of hydrogen-bond donors (Lipinski definition) is 2. The number of amides is 3. The molecule has 3 amide bonds. The lowest BCUT2D eigenvalue weighted by atomic mass is 9.83. The summed E-state index contributed by atoms with van der Waals surface area (Å²) in [6.45, 7) is 6.03. The lowest BCUT2D eigenvalue weighted by Gasteiger charge is -2.53. The Kier molecular flexibility index (Phi) is 4.51. The average molecular weight is 363 g/mol. The fourth-order valence-corrected chi connectivity index (χ4v) is 3.92. The van der Waals surface area contributed by atoms with Crippen molar-refractivity contribution in [2.45, 2.75) is 57.3 Å². The van der Waals surface area contributed by atoms with Gasteiger partial charge in [-0.1, -0.05) is 0 Å². The average Bonchev–Trinajstić information content (AvgIpc) is 3.21. The third-order valence-electron chi connectivity index (χ3n) is 5.29. The summed E-state index contributed by atoms with van der Waals surface area (Å²) >= 11 is 0.